The summed E-state index contributed by atoms with van der Waals surface area (Å²) in [5.41, 5.74) is 1.38. The number of methoxy groups -OCH3 is 1. The van der Waals surface area contributed by atoms with E-state index in [-0.39, 0.29) is 12.5 Å². The second-order valence-corrected chi connectivity index (χ2v) is 5.47. The quantitative estimate of drug-likeness (QED) is 0.794. The molecule has 0 amide bonds. The summed E-state index contributed by atoms with van der Waals surface area (Å²) >= 11 is 0. The van der Waals surface area contributed by atoms with E-state index in [9.17, 15) is 4.79 Å². The maximum atomic E-state index is 11.8. The number of ether oxygens (including phenoxy) is 2. The second kappa shape index (κ2) is 6.60. The molecule has 0 fully saturated rings. The largest absolute Gasteiger partial charge is 0.485 e. The van der Waals surface area contributed by atoms with Crippen LogP contribution in [0, 0.1) is 6.92 Å². The van der Waals surface area contributed by atoms with Crippen molar-refractivity contribution in [1.29, 1.82) is 0 Å². The van der Waals surface area contributed by atoms with Crippen LogP contribution in [0.2, 0.25) is 0 Å². The van der Waals surface area contributed by atoms with Crippen molar-refractivity contribution in [3.63, 3.8) is 0 Å². The molecule has 0 aliphatic carbocycles. The van der Waals surface area contributed by atoms with Gasteiger partial charge in [0, 0.05) is 13.0 Å². The van der Waals surface area contributed by atoms with Gasteiger partial charge in [0.1, 0.15) is 23.7 Å². The Labute approximate surface area is 130 Å². The highest BCUT2D eigenvalue weighted by Gasteiger charge is 2.16. The number of rotatable bonds is 5. The Hall–Kier alpha value is -2.37. The highest BCUT2D eigenvalue weighted by atomic mass is 16.5. The van der Waals surface area contributed by atoms with Crippen LogP contribution in [0.5, 0.6) is 5.75 Å². The summed E-state index contributed by atoms with van der Waals surface area (Å²) in [6.07, 6.45) is 0. The van der Waals surface area contributed by atoms with Gasteiger partial charge in [0.05, 0.1) is 7.11 Å². The van der Waals surface area contributed by atoms with E-state index >= 15 is 0 Å². The Balaban J connectivity index is 2.20. The lowest BCUT2D eigenvalue weighted by Gasteiger charge is -2.11. The molecule has 0 unspecified atom stereocenters. The van der Waals surface area contributed by atoms with Crippen LogP contribution in [0.4, 0.5) is 0 Å². The number of aryl methyl sites for hydroxylation is 1. The lowest BCUT2D eigenvalue weighted by Crippen LogP contribution is -2.09. The van der Waals surface area contributed by atoms with E-state index in [1.165, 1.54) is 7.11 Å². The Bertz CT molecular complexity index is 677. The summed E-state index contributed by atoms with van der Waals surface area (Å²) in [6.45, 7) is 6.27. The lowest BCUT2D eigenvalue weighted by molar-refractivity contribution is 0.0595. The van der Waals surface area contributed by atoms with Crippen LogP contribution in [-0.4, -0.2) is 27.8 Å². The van der Waals surface area contributed by atoms with Crippen molar-refractivity contribution >= 4 is 5.97 Å². The molecule has 2 aromatic rings. The molecule has 1 heterocycles. The minimum absolute atomic E-state index is 0.239. The van der Waals surface area contributed by atoms with Gasteiger partial charge >= 0.3 is 5.97 Å². The zero-order valence-corrected chi connectivity index (χ0v) is 13.6. The zero-order chi connectivity index (χ0) is 16.3. The zero-order valence-electron chi connectivity index (χ0n) is 13.6. The minimum atomic E-state index is -0.417. The highest BCUT2D eigenvalue weighted by molar-refractivity contribution is 5.92. The third-order valence-electron chi connectivity index (χ3n) is 3.41. The van der Waals surface area contributed by atoms with E-state index in [1.54, 1.807) is 12.1 Å². The summed E-state index contributed by atoms with van der Waals surface area (Å²) in [5, 5.41) is 8.29. The molecular formula is C16H21N3O3. The molecule has 6 nitrogen and oxygen atoms in total. The summed E-state index contributed by atoms with van der Waals surface area (Å²) < 4.78 is 12.5. The molecule has 0 spiro atoms. The second-order valence-electron chi connectivity index (χ2n) is 5.47. The van der Waals surface area contributed by atoms with Crippen molar-refractivity contribution in [1.82, 2.24) is 14.8 Å². The van der Waals surface area contributed by atoms with Crippen molar-refractivity contribution in [2.45, 2.75) is 33.3 Å². The number of nitrogens with zero attached hydrogens (tertiary/aromatic N) is 3. The molecule has 1 aromatic heterocycles. The van der Waals surface area contributed by atoms with E-state index in [0.29, 0.717) is 17.1 Å². The van der Waals surface area contributed by atoms with Gasteiger partial charge < -0.3 is 14.0 Å². The first kappa shape index (κ1) is 16.0. The summed E-state index contributed by atoms with van der Waals surface area (Å²) in [6, 6.07) is 5.40. The molecular weight excluding hydrogens is 282 g/mol. The molecule has 6 heteroatoms. The van der Waals surface area contributed by atoms with Gasteiger partial charge in [-0.1, -0.05) is 25.5 Å². The molecule has 0 radical (unpaired) electrons. The van der Waals surface area contributed by atoms with Crippen LogP contribution in [0.1, 0.15) is 47.3 Å². The maximum Gasteiger partial charge on any atom is 0.341 e. The van der Waals surface area contributed by atoms with Gasteiger partial charge in [-0.25, -0.2) is 4.79 Å². The highest BCUT2D eigenvalue weighted by Crippen LogP contribution is 2.22. The van der Waals surface area contributed by atoms with Crippen LogP contribution in [-0.2, 0) is 18.4 Å². The van der Waals surface area contributed by atoms with Gasteiger partial charge in [-0.15, -0.1) is 10.2 Å². The van der Waals surface area contributed by atoms with Crippen molar-refractivity contribution in [3.8, 4) is 5.75 Å². The number of carbonyl (C=O) groups excluding carboxylic acids is 1. The molecule has 0 saturated carbocycles. The molecule has 22 heavy (non-hydrogen) atoms. The van der Waals surface area contributed by atoms with Crippen molar-refractivity contribution in [2.75, 3.05) is 7.11 Å². The van der Waals surface area contributed by atoms with Gasteiger partial charge in [-0.2, -0.15) is 0 Å². The van der Waals surface area contributed by atoms with E-state index in [4.69, 9.17) is 9.47 Å². The molecule has 1 aromatic carbocycles. The Kier molecular flexibility index (Phi) is 4.80. The first-order chi connectivity index (χ1) is 10.4. The first-order valence-electron chi connectivity index (χ1n) is 7.14. The van der Waals surface area contributed by atoms with Crippen LogP contribution in [0.25, 0.3) is 0 Å². The van der Waals surface area contributed by atoms with Gasteiger partial charge in [0.2, 0.25) is 0 Å². The molecule has 0 atom stereocenters. The Morgan fingerprint density at radius 2 is 2.05 bits per heavy atom. The summed E-state index contributed by atoms with van der Waals surface area (Å²) in [5.74, 6) is 1.96. The average Bonchev–Trinajstić information content (AvgIpc) is 2.86. The predicted molar refractivity (Wildman–Crippen MR) is 81.9 cm³/mol. The van der Waals surface area contributed by atoms with Crippen LogP contribution in [0.3, 0.4) is 0 Å². The fraction of sp³-hybridized carbons (Fsp3) is 0.438. The van der Waals surface area contributed by atoms with Crippen molar-refractivity contribution in [2.24, 2.45) is 7.05 Å². The SMILES string of the molecule is COC(=O)c1cc(C)ccc1OCc1nnc(C(C)C)n1C. The van der Waals surface area contributed by atoms with E-state index in [0.717, 1.165) is 11.4 Å². The van der Waals surface area contributed by atoms with E-state index < -0.39 is 5.97 Å². The monoisotopic (exact) mass is 303 g/mol. The number of esters is 1. The predicted octanol–water partition coefficient (Wildman–Crippen LogP) is 2.61. The fourth-order valence-corrected chi connectivity index (χ4v) is 2.19. The summed E-state index contributed by atoms with van der Waals surface area (Å²) in [4.78, 5) is 11.8. The van der Waals surface area contributed by atoms with Crippen LogP contribution < -0.4 is 4.74 Å². The topological polar surface area (TPSA) is 66.2 Å². The third kappa shape index (κ3) is 3.27. The van der Waals surface area contributed by atoms with Crippen molar-refractivity contribution in [3.05, 3.63) is 41.0 Å². The van der Waals surface area contributed by atoms with Gasteiger partial charge in [-0.05, 0) is 19.1 Å². The Morgan fingerprint density at radius 3 is 2.64 bits per heavy atom. The molecule has 0 bridgehead atoms. The van der Waals surface area contributed by atoms with Gasteiger partial charge in [0.25, 0.3) is 0 Å². The molecule has 2 rings (SSSR count). The first-order valence-corrected chi connectivity index (χ1v) is 7.14. The molecule has 0 aliphatic heterocycles. The lowest BCUT2D eigenvalue weighted by atomic mass is 10.1. The molecule has 0 saturated heterocycles. The van der Waals surface area contributed by atoms with Gasteiger partial charge in [0.15, 0.2) is 5.82 Å². The maximum absolute atomic E-state index is 11.8. The van der Waals surface area contributed by atoms with Gasteiger partial charge in [-0.3, -0.25) is 0 Å². The van der Waals surface area contributed by atoms with Crippen molar-refractivity contribution < 1.29 is 14.3 Å². The standard InChI is InChI=1S/C16H21N3O3/c1-10(2)15-18-17-14(19(15)4)9-22-13-7-6-11(3)8-12(13)16(20)21-5/h6-8,10H,9H2,1-5H3. The normalized spacial score (nSPS) is 10.8. The summed E-state index contributed by atoms with van der Waals surface area (Å²) in [7, 11) is 3.26. The number of hydrogen-bond donors (Lipinski definition) is 0. The smallest absolute Gasteiger partial charge is 0.341 e. The van der Waals surface area contributed by atoms with E-state index in [1.807, 2.05) is 24.6 Å². The molecule has 0 N–H and O–H groups in total. The van der Waals surface area contributed by atoms with Crippen LogP contribution >= 0.6 is 0 Å². The van der Waals surface area contributed by atoms with Crippen LogP contribution in [0.15, 0.2) is 18.2 Å². The number of hydrogen-bond acceptors (Lipinski definition) is 5. The average molecular weight is 303 g/mol. The number of aromatic nitrogens is 3. The number of carbonyl (C=O) groups is 1. The fourth-order valence-electron chi connectivity index (χ4n) is 2.19. The Morgan fingerprint density at radius 1 is 1.32 bits per heavy atom. The third-order valence-corrected chi connectivity index (χ3v) is 3.41. The minimum Gasteiger partial charge on any atom is -0.485 e. The van der Waals surface area contributed by atoms with E-state index in [2.05, 4.69) is 24.0 Å². The molecule has 118 valence electrons. The molecule has 0 aliphatic rings. The number of benzene rings is 1.